The first-order chi connectivity index (χ1) is 9.18. The number of ether oxygens (including phenoxy) is 1. The second kappa shape index (κ2) is 6.47. The van der Waals surface area contributed by atoms with Crippen molar-refractivity contribution in [2.75, 3.05) is 13.2 Å². The van der Waals surface area contributed by atoms with Gasteiger partial charge in [0.25, 0.3) is 5.88 Å². The van der Waals surface area contributed by atoms with E-state index in [1.54, 1.807) is 13.0 Å². The molecule has 0 bridgehead atoms. The van der Waals surface area contributed by atoms with Crippen LogP contribution in [0.25, 0.3) is 0 Å². The van der Waals surface area contributed by atoms with Crippen LogP contribution in [0.2, 0.25) is 0 Å². The second-order valence-electron chi connectivity index (χ2n) is 4.82. The maximum absolute atomic E-state index is 11.0. The van der Waals surface area contributed by atoms with E-state index < -0.39 is 4.92 Å². The van der Waals surface area contributed by atoms with Gasteiger partial charge in [0, 0.05) is 17.8 Å². The summed E-state index contributed by atoms with van der Waals surface area (Å²) >= 11 is 0. The van der Waals surface area contributed by atoms with Gasteiger partial charge in [0.15, 0.2) is 0 Å². The molecule has 1 saturated heterocycles. The zero-order valence-electron chi connectivity index (χ0n) is 11.1. The monoisotopic (exact) mass is 265 g/mol. The van der Waals surface area contributed by atoms with Gasteiger partial charge >= 0.3 is 5.69 Å². The molecular formula is C13H19N3O3. The van der Waals surface area contributed by atoms with Crippen molar-refractivity contribution in [3.63, 3.8) is 0 Å². The van der Waals surface area contributed by atoms with Gasteiger partial charge in [-0.25, -0.2) is 4.98 Å². The summed E-state index contributed by atoms with van der Waals surface area (Å²) in [7, 11) is 0. The molecule has 1 aliphatic rings. The van der Waals surface area contributed by atoms with Crippen molar-refractivity contribution >= 4 is 5.69 Å². The normalized spacial score (nSPS) is 19.1. The Hall–Kier alpha value is -1.69. The van der Waals surface area contributed by atoms with E-state index in [4.69, 9.17) is 4.74 Å². The highest BCUT2D eigenvalue weighted by atomic mass is 16.6. The molecule has 1 aromatic rings. The Balaban J connectivity index is 1.92. The average molecular weight is 265 g/mol. The minimum absolute atomic E-state index is 0.0286. The van der Waals surface area contributed by atoms with Crippen LogP contribution in [-0.4, -0.2) is 29.1 Å². The Bertz CT molecular complexity index is 445. The topological polar surface area (TPSA) is 77.3 Å². The third kappa shape index (κ3) is 3.64. The van der Waals surface area contributed by atoms with Crippen LogP contribution in [0.4, 0.5) is 5.69 Å². The predicted octanol–water partition coefficient (Wildman–Crippen LogP) is 2.21. The Morgan fingerprint density at radius 2 is 2.42 bits per heavy atom. The molecule has 1 N–H and O–H groups in total. The highest BCUT2D eigenvalue weighted by Gasteiger charge is 2.20. The Morgan fingerprint density at radius 3 is 3.11 bits per heavy atom. The second-order valence-corrected chi connectivity index (χ2v) is 4.82. The van der Waals surface area contributed by atoms with Crippen molar-refractivity contribution in [2.24, 2.45) is 0 Å². The molecule has 1 atom stereocenters. The molecule has 6 nitrogen and oxygen atoms in total. The zero-order valence-corrected chi connectivity index (χ0v) is 11.1. The molecule has 2 rings (SSSR count). The van der Waals surface area contributed by atoms with E-state index in [1.165, 1.54) is 19.0 Å². The van der Waals surface area contributed by atoms with Crippen LogP contribution >= 0.6 is 0 Å². The number of hydrogen-bond acceptors (Lipinski definition) is 5. The molecule has 0 aliphatic carbocycles. The summed E-state index contributed by atoms with van der Waals surface area (Å²) in [5, 5.41) is 14.4. The van der Waals surface area contributed by atoms with Crippen LogP contribution in [0, 0.1) is 17.0 Å². The van der Waals surface area contributed by atoms with Crippen molar-refractivity contribution in [2.45, 2.75) is 38.6 Å². The van der Waals surface area contributed by atoms with Gasteiger partial charge in [-0.3, -0.25) is 10.1 Å². The molecule has 1 aliphatic heterocycles. The van der Waals surface area contributed by atoms with Crippen molar-refractivity contribution in [3.8, 4) is 5.88 Å². The minimum Gasteiger partial charge on any atom is -0.473 e. The molecular weight excluding hydrogens is 246 g/mol. The molecule has 0 saturated carbocycles. The molecule has 0 spiro atoms. The number of hydrogen-bond donors (Lipinski definition) is 1. The molecule has 104 valence electrons. The number of pyridine rings is 1. The minimum atomic E-state index is -0.434. The third-order valence-electron chi connectivity index (χ3n) is 3.39. The molecule has 2 heterocycles. The van der Waals surface area contributed by atoms with Gasteiger partial charge in [0.05, 0.1) is 11.5 Å². The maximum Gasteiger partial charge on any atom is 0.333 e. The number of nitrogens with zero attached hydrogens (tertiary/aromatic N) is 2. The van der Waals surface area contributed by atoms with Crippen molar-refractivity contribution < 1.29 is 9.66 Å². The lowest BCUT2D eigenvalue weighted by atomic mass is 10.0. The van der Waals surface area contributed by atoms with E-state index in [0.29, 0.717) is 18.2 Å². The fraction of sp³-hybridized carbons (Fsp3) is 0.615. The summed E-state index contributed by atoms with van der Waals surface area (Å²) in [6.45, 7) is 3.19. The maximum atomic E-state index is 11.0. The van der Waals surface area contributed by atoms with E-state index in [-0.39, 0.29) is 11.6 Å². The largest absolute Gasteiger partial charge is 0.473 e. The Labute approximate surface area is 112 Å². The SMILES string of the molecule is Cc1ccnc(OCCC2CCCCN2)c1[N+](=O)[O-]. The van der Waals surface area contributed by atoms with Crippen LogP contribution in [0.15, 0.2) is 12.3 Å². The van der Waals surface area contributed by atoms with Gasteiger partial charge in [-0.15, -0.1) is 0 Å². The zero-order chi connectivity index (χ0) is 13.7. The number of piperidine rings is 1. The first kappa shape index (κ1) is 13.7. The Kier molecular flexibility index (Phi) is 4.68. The number of rotatable bonds is 5. The van der Waals surface area contributed by atoms with Crippen molar-refractivity contribution in [1.82, 2.24) is 10.3 Å². The molecule has 0 amide bonds. The fourth-order valence-electron chi connectivity index (χ4n) is 2.32. The van der Waals surface area contributed by atoms with Crippen LogP contribution in [-0.2, 0) is 0 Å². The van der Waals surface area contributed by atoms with Crippen LogP contribution in [0.5, 0.6) is 5.88 Å². The molecule has 19 heavy (non-hydrogen) atoms. The van der Waals surface area contributed by atoms with E-state index >= 15 is 0 Å². The van der Waals surface area contributed by atoms with E-state index in [1.807, 2.05) is 0 Å². The quantitative estimate of drug-likeness (QED) is 0.652. The standard InChI is InChI=1S/C13H19N3O3/c1-10-5-8-15-13(12(10)16(17)18)19-9-6-11-4-2-3-7-14-11/h5,8,11,14H,2-4,6-7,9H2,1H3. The summed E-state index contributed by atoms with van der Waals surface area (Å²) in [5.74, 6) is 0.126. The summed E-state index contributed by atoms with van der Waals surface area (Å²) in [6, 6.07) is 2.07. The number of nitrogens with one attached hydrogen (secondary N) is 1. The lowest BCUT2D eigenvalue weighted by Gasteiger charge is -2.23. The molecule has 1 aromatic heterocycles. The van der Waals surface area contributed by atoms with Crippen molar-refractivity contribution in [3.05, 3.63) is 27.9 Å². The van der Waals surface area contributed by atoms with Gasteiger partial charge < -0.3 is 10.1 Å². The first-order valence-corrected chi connectivity index (χ1v) is 6.64. The van der Waals surface area contributed by atoms with E-state index in [9.17, 15) is 10.1 Å². The van der Waals surface area contributed by atoms with Gasteiger partial charge in [-0.1, -0.05) is 6.42 Å². The molecule has 6 heteroatoms. The number of aryl methyl sites for hydroxylation is 1. The molecule has 0 radical (unpaired) electrons. The number of aromatic nitrogens is 1. The van der Waals surface area contributed by atoms with Crippen molar-refractivity contribution in [1.29, 1.82) is 0 Å². The number of nitro groups is 1. The molecule has 1 unspecified atom stereocenters. The van der Waals surface area contributed by atoms with Gasteiger partial charge in [-0.05, 0) is 38.8 Å². The highest BCUT2D eigenvalue weighted by molar-refractivity contribution is 5.47. The van der Waals surface area contributed by atoms with Gasteiger partial charge in [-0.2, -0.15) is 0 Å². The van der Waals surface area contributed by atoms with Gasteiger partial charge in [0.2, 0.25) is 0 Å². The highest BCUT2D eigenvalue weighted by Crippen LogP contribution is 2.27. The Morgan fingerprint density at radius 1 is 1.58 bits per heavy atom. The lowest BCUT2D eigenvalue weighted by molar-refractivity contribution is -0.386. The summed E-state index contributed by atoms with van der Waals surface area (Å²) in [6.07, 6.45) is 6.00. The van der Waals surface area contributed by atoms with Crippen LogP contribution < -0.4 is 10.1 Å². The fourth-order valence-corrected chi connectivity index (χ4v) is 2.32. The third-order valence-corrected chi connectivity index (χ3v) is 3.39. The predicted molar refractivity (Wildman–Crippen MR) is 71.4 cm³/mol. The lowest BCUT2D eigenvalue weighted by Crippen LogP contribution is -2.35. The summed E-state index contributed by atoms with van der Waals surface area (Å²) in [4.78, 5) is 14.5. The average Bonchev–Trinajstić information content (AvgIpc) is 2.39. The van der Waals surface area contributed by atoms with E-state index in [0.717, 1.165) is 19.4 Å². The molecule has 1 fully saturated rings. The first-order valence-electron chi connectivity index (χ1n) is 6.64. The molecule has 0 aromatic carbocycles. The summed E-state index contributed by atoms with van der Waals surface area (Å²) in [5.41, 5.74) is 0.546. The van der Waals surface area contributed by atoms with Crippen LogP contribution in [0.3, 0.4) is 0 Å². The van der Waals surface area contributed by atoms with Crippen LogP contribution in [0.1, 0.15) is 31.2 Å². The van der Waals surface area contributed by atoms with Gasteiger partial charge in [0.1, 0.15) is 0 Å². The summed E-state index contributed by atoms with van der Waals surface area (Å²) < 4.78 is 5.49. The smallest absolute Gasteiger partial charge is 0.333 e. The van der Waals surface area contributed by atoms with E-state index in [2.05, 4.69) is 10.3 Å².